The van der Waals surface area contributed by atoms with Gasteiger partial charge in [-0.1, -0.05) is 6.07 Å². The van der Waals surface area contributed by atoms with Gasteiger partial charge in [-0.3, -0.25) is 0 Å². The second-order valence-corrected chi connectivity index (χ2v) is 4.21. The van der Waals surface area contributed by atoms with Crippen LogP contribution < -0.4 is 10.6 Å². The smallest absolute Gasteiger partial charge is 0.0635 e. The van der Waals surface area contributed by atoms with Crippen LogP contribution in [0.25, 0.3) is 0 Å². The van der Waals surface area contributed by atoms with Gasteiger partial charge in [-0.25, -0.2) is 0 Å². The van der Waals surface area contributed by atoms with Crippen molar-refractivity contribution in [2.45, 2.75) is 25.8 Å². The van der Waals surface area contributed by atoms with E-state index >= 15 is 0 Å². The fraction of sp³-hybridized carbons (Fsp3) is 0.500. The van der Waals surface area contributed by atoms with Crippen LogP contribution in [-0.2, 0) is 0 Å². The maximum atomic E-state index is 9.25. The van der Waals surface area contributed by atoms with Crippen LogP contribution >= 0.6 is 0 Å². The quantitative estimate of drug-likeness (QED) is 0.722. The molecule has 3 nitrogen and oxygen atoms in total. The zero-order valence-corrected chi connectivity index (χ0v) is 9.11. The Bertz CT molecular complexity index is 351. The first-order valence-electron chi connectivity index (χ1n) is 5.46. The van der Waals surface area contributed by atoms with E-state index in [1.165, 1.54) is 0 Å². The van der Waals surface area contributed by atoms with Gasteiger partial charge in [0.1, 0.15) is 0 Å². The number of aryl methyl sites for hydroxylation is 1. The monoisotopic (exact) mass is 206 g/mol. The first-order valence-corrected chi connectivity index (χ1v) is 5.46. The average molecular weight is 206 g/mol. The van der Waals surface area contributed by atoms with E-state index in [1.54, 1.807) is 0 Å². The number of nitrogen functional groups attached to an aromatic ring is 1. The first kappa shape index (κ1) is 10.3. The molecule has 3 N–H and O–H groups in total. The van der Waals surface area contributed by atoms with Crippen molar-refractivity contribution in [2.24, 2.45) is 0 Å². The van der Waals surface area contributed by atoms with Crippen LogP contribution in [0.2, 0.25) is 0 Å². The molecule has 1 heterocycles. The molecule has 1 fully saturated rings. The Morgan fingerprint density at radius 1 is 1.53 bits per heavy atom. The van der Waals surface area contributed by atoms with Crippen LogP contribution in [0, 0.1) is 6.92 Å². The van der Waals surface area contributed by atoms with E-state index in [-0.39, 0.29) is 12.6 Å². The van der Waals surface area contributed by atoms with E-state index in [0.29, 0.717) is 0 Å². The number of anilines is 2. The number of nitrogens with two attached hydrogens (primary N) is 1. The van der Waals surface area contributed by atoms with Crippen molar-refractivity contribution < 1.29 is 5.11 Å². The summed E-state index contributed by atoms with van der Waals surface area (Å²) in [4.78, 5) is 2.25. The molecule has 1 saturated heterocycles. The van der Waals surface area contributed by atoms with Gasteiger partial charge in [0.2, 0.25) is 0 Å². The lowest BCUT2D eigenvalue weighted by molar-refractivity contribution is 0.266. The SMILES string of the molecule is Cc1ccc(N2CCCC2CO)cc1N. The third kappa shape index (κ3) is 1.92. The van der Waals surface area contributed by atoms with Gasteiger partial charge in [0, 0.05) is 17.9 Å². The third-order valence-corrected chi connectivity index (χ3v) is 3.18. The minimum atomic E-state index is 0.230. The highest BCUT2D eigenvalue weighted by atomic mass is 16.3. The standard InChI is InChI=1S/C12H18N2O/c1-9-4-5-10(7-12(9)13)14-6-2-3-11(14)8-15/h4-5,7,11,15H,2-3,6,8,13H2,1H3. The van der Waals surface area contributed by atoms with Crippen LogP contribution in [0.1, 0.15) is 18.4 Å². The number of hydrogen-bond acceptors (Lipinski definition) is 3. The number of aliphatic hydroxyl groups is 1. The summed E-state index contributed by atoms with van der Waals surface area (Å²) >= 11 is 0. The molecular formula is C12H18N2O. The Morgan fingerprint density at radius 3 is 3.00 bits per heavy atom. The molecule has 1 atom stereocenters. The second kappa shape index (κ2) is 4.11. The Labute approximate surface area is 90.5 Å². The molecule has 0 aromatic heterocycles. The van der Waals surface area contributed by atoms with Crippen molar-refractivity contribution in [1.82, 2.24) is 0 Å². The van der Waals surface area contributed by atoms with Crippen LogP contribution in [0.15, 0.2) is 18.2 Å². The number of rotatable bonds is 2. The highest BCUT2D eigenvalue weighted by Crippen LogP contribution is 2.27. The summed E-state index contributed by atoms with van der Waals surface area (Å²) in [5.41, 5.74) is 8.96. The maximum Gasteiger partial charge on any atom is 0.0635 e. The molecule has 82 valence electrons. The fourth-order valence-electron chi connectivity index (χ4n) is 2.17. The molecule has 0 amide bonds. The normalized spacial score (nSPS) is 20.9. The summed E-state index contributed by atoms with van der Waals surface area (Å²) in [6.45, 7) is 3.26. The predicted octanol–water partition coefficient (Wildman–Crippen LogP) is 1.54. The van der Waals surface area contributed by atoms with Crippen molar-refractivity contribution in [2.75, 3.05) is 23.8 Å². The number of hydrogen-bond donors (Lipinski definition) is 2. The summed E-state index contributed by atoms with van der Waals surface area (Å²) < 4.78 is 0. The molecule has 1 unspecified atom stereocenters. The number of aliphatic hydroxyl groups excluding tert-OH is 1. The average Bonchev–Trinajstić information content (AvgIpc) is 2.70. The Morgan fingerprint density at radius 2 is 2.33 bits per heavy atom. The minimum Gasteiger partial charge on any atom is -0.398 e. The van der Waals surface area contributed by atoms with E-state index in [9.17, 15) is 5.11 Å². The van der Waals surface area contributed by atoms with Crippen LogP contribution in [-0.4, -0.2) is 24.3 Å². The summed E-state index contributed by atoms with van der Waals surface area (Å²) in [5, 5.41) is 9.25. The predicted molar refractivity (Wildman–Crippen MR) is 63.0 cm³/mol. The van der Waals surface area contributed by atoms with Gasteiger partial charge < -0.3 is 15.7 Å². The van der Waals surface area contributed by atoms with Crippen molar-refractivity contribution in [3.8, 4) is 0 Å². The molecule has 0 radical (unpaired) electrons. The van der Waals surface area contributed by atoms with E-state index < -0.39 is 0 Å². The molecule has 1 aromatic rings. The third-order valence-electron chi connectivity index (χ3n) is 3.18. The lowest BCUT2D eigenvalue weighted by atomic mass is 10.1. The maximum absolute atomic E-state index is 9.25. The van der Waals surface area contributed by atoms with Crippen LogP contribution in [0.4, 0.5) is 11.4 Å². The highest BCUT2D eigenvalue weighted by Gasteiger charge is 2.23. The number of benzene rings is 1. The molecule has 15 heavy (non-hydrogen) atoms. The van der Waals surface area contributed by atoms with Gasteiger partial charge in [-0.05, 0) is 37.5 Å². The molecule has 3 heteroatoms. The molecule has 1 aromatic carbocycles. The van der Waals surface area contributed by atoms with Crippen molar-refractivity contribution >= 4 is 11.4 Å². The second-order valence-electron chi connectivity index (χ2n) is 4.21. The van der Waals surface area contributed by atoms with Crippen molar-refractivity contribution in [1.29, 1.82) is 0 Å². The molecular weight excluding hydrogens is 188 g/mol. The Balaban J connectivity index is 2.25. The van der Waals surface area contributed by atoms with E-state index in [2.05, 4.69) is 11.0 Å². The number of nitrogens with zero attached hydrogens (tertiary/aromatic N) is 1. The molecule has 2 rings (SSSR count). The van der Waals surface area contributed by atoms with Gasteiger partial charge in [0.15, 0.2) is 0 Å². The van der Waals surface area contributed by atoms with Gasteiger partial charge >= 0.3 is 0 Å². The zero-order chi connectivity index (χ0) is 10.8. The van der Waals surface area contributed by atoms with Crippen molar-refractivity contribution in [3.63, 3.8) is 0 Å². The highest BCUT2D eigenvalue weighted by molar-refractivity contribution is 5.60. The van der Waals surface area contributed by atoms with E-state index in [1.807, 2.05) is 19.1 Å². The Hall–Kier alpha value is -1.22. The van der Waals surface area contributed by atoms with E-state index in [4.69, 9.17) is 5.73 Å². The first-order chi connectivity index (χ1) is 7.22. The molecule has 1 aliphatic rings. The van der Waals surface area contributed by atoms with Gasteiger partial charge in [0.25, 0.3) is 0 Å². The minimum absolute atomic E-state index is 0.230. The molecule has 0 aliphatic carbocycles. The van der Waals surface area contributed by atoms with E-state index in [0.717, 1.165) is 36.3 Å². The summed E-state index contributed by atoms with van der Waals surface area (Å²) in [5.74, 6) is 0. The molecule has 0 spiro atoms. The lowest BCUT2D eigenvalue weighted by Gasteiger charge is -2.25. The van der Waals surface area contributed by atoms with Gasteiger partial charge in [-0.15, -0.1) is 0 Å². The summed E-state index contributed by atoms with van der Waals surface area (Å²) in [6.07, 6.45) is 2.23. The Kier molecular flexibility index (Phi) is 2.82. The summed E-state index contributed by atoms with van der Waals surface area (Å²) in [6, 6.07) is 6.40. The van der Waals surface area contributed by atoms with Gasteiger partial charge in [0.05, 0.1) is 12.6 Å². The molecule has 1 aliphatic heterocycles. The summed E-state index contributed by atoms with van der Waals surface area (Å²) in [7, 11) is 0. The van der Waals surface area contributed by atoms with Crippen LogP contribution in [0.3, 0.4) is 0 Å². The molecule has 0 bridgehead atoms. The topological polar surface area (TPSA) is 49.5 Å². The zero-order valence-electron chi connectivity index (χ0n) is 9.11. The largest absolute Gasteiger partial charge is 0.398 e. The lowest BCUT2D eigenvalue weighted by Crippen LogP contribution is -2.32. The van der Waals surface area contributed by atoms with Crippen LogP contribution in [0.5, 0.6) is 0 Å². The van der Waals surface area contributed by atoms with Crippen molar-refractivity contribution in [3.05, 3.63) is 23.8 Å². The van der Waals surface area contributed by atoms with Gasteiger partial charge in [-0.2, -0.15) is 0 Å². The fourth-order valence-corrected chi connectivity index (χ4v) is 2.17. The molecule has 0 saturated carbocycles.